The first-order valence-corrected chi connectivity index (χ1v) is 4.46. The largest absolute Gasteiger partial charge is 0.506 e. The van der Waals surface area contributed by atoms with E-state index >= 15 is 0 Å². The summed E-state index contributed by atoms with van der Waals surface area (Å²) in [6.07, 6.45) is -4.45. The third-order valence-electron chi connectivity index (χ3n) is 1.64. The average molecular weight is 219 g/mol. The van der Waals surface area contributed by atoms with Crippen molar-refractivity contribution in [3.8, 4) is 5.75 Å². The van der Waals surface area contributed by atoms with E-state index in [1.165, 1.54) is 18.2 Å². The predicted molar refractivity (Wildman–Crippen MR) is 46.3 cm³/mol. The Bertz CT molecular complexity index is 477. The topological polar surface area (TPSA) is 33.1 Å². The van der Waals surface area contributed by atoms with Crippen molar-refractivity contribution in [2.24, 2.45) is 0 Å². The van der Waals surface area contributed by atoms with Crippen molar-refractivity contribution in [1.82, 2.24) is 4.98 Å². The lowest BCUT2D eigenvalue weighted by atomic mass is 10.3. The van der Waals surface area contributed by atoms with E-state index in [1.54, 1.807) is 0 Å². The fraction of sp³-hybridized carbons (Fsp3) is 0.125. The van der Waals surface area contributed by atoms with Crippen LogP contribution in [0.25, 0.3) is 10.2 Å². The number of halogens is 3. The average Bonchev–Trinajstić information content (AvgIpc) is 2.48. The predicted octanol–water partition coefficient (Wildman–Crippen LogP) is 3.02. The molecule has 0 saturated carbocycles. The molecule has 0 bridgehead atoms. The lowest BCUT2D eigenvalue weighted by Gasteiger charge is -1.98. The minimum Gasteiger partial charge on any atom is -0.506 e. The second kappa shape index (κ2) is 2.84. The van der Waals surface area contributed by atoms with Crippen molar-refractivity contribution in [2.75, 3.05) is 0 Å². The molecule has 0 aliphatic heterocycles. The lowest BCUT2D eigenvalue weighted by Crippen LogP contribution is -2.03. The number of fused-ring (bicyclic) bond motifs is 1. The molecule has 0 spiro atoms. The molecule has 1 N–H and O–H groups in total. The highest BCUT2D eigenvalue weighted by atomic mass is 32.1. The van der Waals surface area contributed by atoms with Gasteiger partial charge in [-0.2, -0.15) is 13.2 Å². The summed E-state index contributed by atoms with van der Waals surface area (Å²) in [6, 6.07) is 4.22. The number of phenolic OH excluding ortho intramolecular Hbond substituents is 1. The number of aromatic nitrogens is 1. The first-order valence-electron chi connectivity index (χ1n) is 3.64. The molecule has 0 aliphatic carbocycles. The summed E-state index contributed by atoms with van der Waals surface area (Å²) in [6.45, 7) is 0. The van der Waals surface area contributed by atoms with E-state index in [9.17, 15) is 18.3 Å². The quantitative estimate of drug-likeness (QED) is 0.738. The van der Waals surface area contributed by atoms with Gasteiger partial charge in [0.15, 0.2) is 5.01 Å². The smallest absolute Gasteiger partial charge is 0.443 e. The van der Waals surface area contributed by atoms with Gasteiger partial charge in [-0.3, -0.25) is 0 Å². The Morgan fingerprint density at radius 2 is 2.00 bits per heavy atom. The van der Waals surface area contributed by atoms with Gasteiger partial charge in [-0.25, -0.2) is 4.98 Å². The van der Waals surface area contributed by atoms with Crippen LogP contribution in [-0.4, -0.2) is 10.1 Å². The molecule has 0 unspecified atom stereocenters. The van der Waals surface area contributed by atoms with Gasteiger partial charge in [0.2, 0.25) is 0 Å². The Morgan fingerprint density at radius 3 is 2.57 bits per heavy atom. The molecule has 1 aromatic heterocycles. The van der Waals surface area contributed by atoms with E-state index in [2.05, 4.69) is 4.98 Å². The van der Waals surface area contributed by atoms with Gasteiger partial charge < -0.3 is 5.11 Å². The van der Waals surface area contributed by atoms with Crippen LogP contribution in [0.4, 0.5) is 13.2 Å². The van der Waals surface area contributed by atoms with Gasteiger partial charge >= 0.3 is 6.18 Å². The van der Waals surface area contributed by atoms with Gasteiger partial charge in [0.05, 0.1) is 10.2 Å². The molecule has 2 nitrogen and oxygen atoms in total. The summed E-state index contributed by atoms with van der Waals surface area (Å²) in [5, 5.41) is 8.32. The normalized spacial score (nSPS) is 12.2. The Balaban J connectivity index is 2.69. The van der Waals surface area contributed by atoms with Crippen molar-refractivity contribution in [2.45, 2.75) is 6.18 Å². The summed E-state index contributed by atoms with van der Waals surface area (Å²) in [7, 11) is 0. The second-order valence-corrected chi connectivity index (χ2v) is 3.64. The molecule has 0 radical (unpaired) electrons. The SMILES string of the molecule is Oc1cccc2nc(C(F)(F)F)sc12. The number of phenols is 1. The van der Waals surface area contributed by atoms with Gasteiger partial charge in [0.1, 0.15) is 5.75 Å². The van der Waals surface area contributed by atoms with Gasteiger partial charge in [0.25, 0.3) is 0 Å². The number of aromatic hydroxyl groups is 1. The standard InChI is InChI=1S/C8H4F3NOS/c9-8(10,11)7-12-4-2-1-3-5(13)6(4)14-7/h1-3,13H. The number of thiazole rings is 1. The van der Waals surface area contributed by atoms with Crippen LogP contribution in [0.3, 0.4) is 0 Å². The molecule has 14 heavy (non-hydrogen) atoms. The fourth-order valence-electron chi connectivity index (χ4n) is 1.06. The highest BCUT2D eigenvalue weighted by molar-refractivity contribution is 7.19. The molecule has 0 aliphatic rings. The van der Waals surface area contributed by atoms with Crippen molar-refractivity contribution < 1.29 is 18.3 Å². The lowest BCUT2D eigenvalue weighted by molar-refractivity contribution is -0.137. The molecule has 74 valence electrons. The van der Waals surface area contributed by atoms with Crippen LogP contribution in [0.2, 0.25) is 0 Å². The van der Waals surface area contributed by atoms with Crippen molar-refractivity contribution >= 4 is 21.6 Å². The van der Waals surface area contributed by atoms with Gasteiger partial charge in [0, 0.05) is 0 Å². The first kappa shape index (κ1) is 9.26. The number of rotatable bonds is 0. The second-order valence-electron chi connectivity index (χ2n) is 2.64. The summed E-state index contributed by atoms with van der Waals surface area (Å²) in [5.74, 6) is -0.171. The van der Waals surface area contributed by atoms with E-state index in [4.69, 9.17) is 0 Å². The molecule has 1 heterocycles. The Morgan fingerprint density at radius 1 is 1.29 bits per heavy atom. The first-order chi connectivity index (χ1) is 6.48. The summed E-state index contributed by atoms with van der Waals surface area (Å²) in [4.78, 5) is 3.38. The maximum atomic E-state index is 12.2. The zero-order valence-corrected chi connectivity index (χ0v) is 7.49. The van der Waals surface area contributed by atoms with Gasteiger partial charge in [-0.1, -0.05) is 6.07 Å². The number of benzene rings is 1. The summed E-state index contributed by atoms with van der Waals surface area (Å²) in [5.41, 5.74) is 0.169. The molecule has 2 aromatic rings. The molecule has 6 heteroatoms. The molecule has 0 fully saturated rings. The number of hydrogen-bond acceptors (Lipinski definition) is 3. The van der Waals surface area contributed by atoms with E-state index in [-0.39, 0.29) is 16.0 Å². The van der Waals surface area contributed by atoms with Crippen LogP contribution in [-0.2, 0) is 6.18 Å². The Hall–Kier alpha value is -1.30. The molecule has 0 saturated heterocycles. The fourth-order valence-corrected chi connectivity index (χ4v) is 1.90. The number of alkyl halides is 3. The molecule has 1 aromatic carbocycles. The maximum absolute atomic E-state index is 12.2. The van der Waals surface area contributed by atoms with Crippen molar-refractivity contribution in [3.63, 3.8) is 0 Å². The molecule has 2 rings (SSSR count). The van der Waals surface area contributed by atoms with Crippen LogP contribution < -0.4 is 0 Å². The van der Waals surface area contributed by atoms with E-state index in [0.29, 0.717) is 11.3 Å². The Labute approximate surface area is 80.6 Å². The summed E-state index contributed by atoms with van der Waals surface area (Å²) >= 11 is 0.445. The van der Waals surface area contributed by atoms with Crippen LogP contribution in [0.5, 0.6) is 5.75 Å². The van der Waals surface area contributed by atoms with Crippen LogP contribution in [0.15, 0.2) is 18.2 Å². The number of hydrogen-bond donors (Lipinski definition) is 1. The minimum absolute atomic E-state index is 0.167. The summed E-state index contributed by atoms with van der Waals surface area (Å²) < 4.78 is 36.8. The van der Waals surface area contributed by atoms with Gasteiger partial charge in [-0.05, 0) is 12.1 Å². The molecule has 0 amide bonds. The highest BCUT2D eigenvalue weighted by Crippen LogP contribution is 2.38. The third kappa shape index (κ3) is 1.41. The van der Waals surface area contributed by atoms with Crippen molar-refractivity contribution in [1.29, 1.82) is 0 Å². The monoisotopic (exact) mass is 219 g/mol. The third-order valence-corrected chi connectivity index (χ3v) is 2.78. The zero-order valence-electron chi connectivity index (χ0n) is 6.67. The molecule has 0 atom stereocenters. The Kier molecular flexibility index (Phi) is 1.88. The number of nitrogens with zero attached hydrogens (tertiary/aromatic N) is 1. The minimum atomic E-state index is -4.45. The molecular weight excluding hydrogens is 215 g/mol. The van der Waals surface area contributed by atoms with Crippen molar-refractivity contribution in [3.05, 3.63) is 23.2 Å². The highest BCUT2D eigenvalue weighted by Gasteiger charge is 2.35. The van der Waals surface area contributed by atoms with Crippen LogP contribution in [0, 0.1) is 0 Å². The van der Waals surface area contributed by atoms with Crippen LogP contribution >= 0.6 is 11.3 Å². The molecular formula is C8H4F3NOS. The zero-order chi connectivity index (χ0) is 10.3. The maximum Gasteiger partial charge on any atom is 0.443 e. The van der Waals surface area contributed by atoms with Crippen LogP contribution in [0.1, 0.15) is 5.01 Å². The van der Waals surface area contributed by atoms with Gasteiger partial charge in [-0.15, -0.1) is 11.3 Å². The van der Waals surface area contributed by atoms with E-state index < -0.39 is 11.2 Å². The van der Waals surface area contributed by atoms with E-state index in [1.807, 2.05) is 0 Å². The van der Waals surface area contributed by atoms with E-state index in [0.717, 1.165) is 0 Å².